The summed E-state index contributed by atoms with van der Waals surface area (Å²) in [5.74, 6) is 0.782. The van der Waals surface area contributed by atoms with Gasteiger partial charge in [0, 0.05) is 17.1 Å². The van der Waals surface area contributed by atoms with Gasteiger partial charge in [0.2, 0.25) is 0 Å². The maximum atomic E-state index is 9.08. The smallest absolute Gasteiger partial charge is 0.123 e. The van der Waals surface area contributed by atoms with Crippen molar-refractivity contribution < 1.29 is 9.94 Å². The Labute approximate surface area is 86.0 Å². The van der Waals surface area contributed by atoms with Crippen molar-refractivity contribution in [3.8, 4) is 5.75 Å². The molecule has 0 atom stereocenters. The van der Waals surface area contributed by atoms with Gasteiger partial charge in [-0.25, -0.2) is 0 Å². The molecule has 1 aromatic rings. The fraction of sp³-hybridized carbons (Fsp3) is 0.333. The zero-order valence-electron chi connectivity index (χ0n) is 7.62. The highest BCUT2D eigenvalue weighted by Gasteiger charge is 2.04. The molecule has 0 bridgehead atoms. The molecule has 0 fully saturated rings. The molecule has 0 saturated carbocycles. The number of hydrogen-bond donors (Lipinski definition) is 1. The van der Waals surface area contributed by atoms with Crippen LogP contribution in [-0.2, 0) is 6.54 Å². The van der Waals surface area contributed by atoms with Crippen molar-refractivity contribution in [2.75, 3.05) is 14.2 Å². The number of rotatable bonds is 3. The van der Waals surface area contributed by atoms with Gasteiger partial charge in [0.1, 0.15) is 5.75 Å². The van der Waals surface area contributed by atoms with E-state index in [1.54, 1.807) is 14.2 Å². The van der Waals surface area contributed by atoms with Gasteiger partial charge < -0.3 is 9.94 Å². The number of hydrogen-bond acceptors (Lipinski definition) is 3. The van der Waals surface area contributed by atoms with Crippen molar-refractivity contribution in [1.29, 1.82) is 0 Å². The molecule has 0 saturated heterocycles. The average molecular weight is 246 g/mol. The van der Waals surface area contributed by atoms with Gasteiger partial charge in [-0.1, -0.05) is 15.9 Å². The molecular weight excluding hydrogens is 234 g/mol. The largest absolute Gasteiger partial charge is 0.496 e. The lowest BCUT2D eigenvalue weighted by Crippen LogP contribution is -2.12. The zero-order chi connectivity index (χ0) is 9.84. The summed E-state index contributed by atoms with van der Waals surface area (Å²) in [5.41, 5.74) is 0.946. The van der Waals surface area contributed by atoms with Crippen molar-refractivity contribution >= 4 is 15.9 Å². The summed E-state index contributed by atoms with van der Waals surface area (Å²) in [4.78, 5) is 0. The monoisotopic (exact) mass is 245 g/mol. The third-order valence-corrected chi connectivity index (χ3v) is 2.13. The predicted octanol–water partition coefficient (Wildman–Crippen LogP) is 2.28. The molecule has 13 heavy (non-hydrogen) atoms. The number of hydroxylamine groups is 2. The average Bonchev–Trinajstić information content (AvgIpc) is 2.03. The van der Waals surface area contributed by atoms with E-state index < -0.39 is 0 Å². The van der Waals surface area contributed by atoms with Crippen LogP contribution in [0.15, 0.2) is 22.7 Å². The quantitative estimate of drug-likeness (QED) is 0.830. The Hall–Kier alpha value is -0.580. The van der Waals surface area contributed by atoms with Crippen LogP contribution in [0.2, 0.25) is 0 Å². The molecule has 0 spiro atoms. The van der Waals surface area contributed by atoms with Gasteiger partial charge in [-0.15, -0.1) is 0 Å². The maximum absolute atomic E-state index is 9.08. The van der Waals surface area contributed by atoms with Gasteiger partial charge in [-0.05, 0) is 18.2 Å². The Bertz CT molecular complexity index is 289. The first-order valence-corrected chi connectivity index (χ1v) is 4.65. The minimum atomic E-state index is 0.447. The number of halogens is 1. The van der Waals surface area contributed by atoms with Crippen LogP contribution in [0.1, 0.15) is 5.56 Å². The van der Waals surface area contributed by atoms with Crippen LogP contribution in [0, 0.1) is 0 Å². The van der Waals surface area contributed by atoms with Gasteiger partial charge in [0.15, 0.2) is 0 Å². The highest BCUT2D eigenvalue weighted by molar-refractivity contribution is 9.10. The second-order valence-corrected chi connectivity index (χ2v) is 3.69. The van der Waals surface area contributed by atoms with Crippen molar-refractivity contribution in [3.63, 3.8) is 0 Å². The van der Waals surface area contributed by atoms with E-state index in [1.807, 2.05) is 18.2 Å². The molecule has 0 aromatic heterocycles. The van der Waals surface area contributed by atoms with E-state index in [0.29, 0.717) is 6.54 Å². The standard InChI is InChI=1S/C9H12BrNO2/c1-11(12)6-7-5-8(10)3-4-9(7)13-2/h3-5,12H,6H2,1-2H3. The molecule has 0 amide bonds. The van der Waals surface area contributed by atoms with Gasteiger partial charge in [-0.3, -0.25) is 0 Å². The van der Waals surface area contributed by atoms with E-state index in [-0.39, 0.29) is 0 Å². The van der Waals surface area contributed by atoms with E-state index in [0.717, 1.165) is 20.8 Å². The summed E-state index contributed by atoms with van der Waals surface area (Å²) < 4.78 is 6.12. The highest BCUT2D eigenvalue weighted by Crippen LogP contribution is 2.23. The second-order valence-electron chi connectivity index (χ2n) is 2.77. The summed E-state index contributed by atoms with van der Waals surface area (Å²) in [5, 5.41) is 10.2. The molecule has 1 aromatic carbocycles. The molecule has 0 heterocycles. The topological polar surface area (TPSA) is 32.7 Å². The van der Waals surface area contributed by atoms with E-state index in [2.05, 4.69) is 15.9 Å². The number of nitrogens with zero attached hydrogens (tertiary/aromatic N) is 1. The van der Waals surface area contributed by atoms with Crippen molar-refractivity contribution in [1.82, 2.24) is 5.06 Å². The molecule has 0 aliphatic heterocycles. The third kappa shape index (κ3) is 2.99. The van der Waals surface area contributed by atoms with Crippen molar-refractivity contribution in [2.24, 2.45) is 0 Å². The summed E-state index contributed by atoms with van der Waals surface area (Å²) in [6.45, 7) is 0.447. The Balaban J connectivity index is 2.94. The zero-order valence-corrected chi connectivity index (χ0v) is 9.21. The van der Waals surface area contributed by atoms with Crippen LogP contribution in [0.25, 0.3) is 0 Å². The first-order valence-electron chi connectivity index (χ1n) is 3.86. The normalized spacial score (nSPS) is 10.5. The minimum Gasteiger partial charge on any atom is -0.496 e. The fourth-order valence-corrected chi connectivity index (χ4v) is 1.53. The number of methoxy groups -OCH3 is 1. The van der Waals surface area contributed by atoms with E-state index >= 15 is 0 Å². The summed E-state index contributed by atoms with van der Waals surface area (Å²) in [7, 11) is 3.21. The molecule has 72 valence electrons. The van der Waals surface area contributed by atoms with Gasteiger partial charge >= 0.3 is 0 Å². The Kier molecular flexibility index (Phi) is 3.71. The van der Waals surface area contributed by atoms with E-state index in [4.69, 9.17) is 9.94 Å². The lowest BCUT2D eigenvalue weighted by atomic mass is 10.2. The second kappa shape index (κ2) is 4.60. The van der Waals surface area contributed by atoms with Gasteiger partial charge in [0.05, 0.1) is 13.7 Å². The summed E-state index contributed by atoms with van der Waals surface area (Å²) >= 11 is 3.36. The molecule has 0 radical (unpaired) electrons. The third-order valence-electron chi connectivity index (χ3n) is 1.64. The lowest BCUT2D eigenvalue weighted by Gasteiger charge is -2.12. The molecule has 1 rings (SSSR count). The molecule has 3 nitrogen and oxygen atoms in total. The molecular formula is C9H12BrNO2. The number of ether oxygens (including phenoxy) is 1. The highest BCUT2D eigenvalue weighted by atomic mass is 79.9. The van der Waals surface area contributed by atoms with Crippen molar-refractivity contribution in [3.05, 3.63) is 28.2 Å². The lowest BCUT2D eigenvalue weighted by molar-refractivity contribution is -0.0735. The van der Waals surface area contributed by atoms with Crippen LogP contribution in [-0.4, -0.2) is 24.4 Å². The van der Waals surface area contributed by atoms with Gasteiger partial charge in [0.25, 0.3) is 0 Å². The number of benzene rings is 1. The van der Waals surface area contributed by atoms with Crippen LogP contribution >= 0.6 is 15.9 Å². The van der Waals surface area contributed by atoms with E-state index in [1.165, 1.54) is 0 Å². The van der Waals surface area contributed by atoms with Crippen LogP contribution < -0.4 is 4.74 Å². The minimum absolute atomic E-state index is 0.447. The molecule has 1 N–H and O–H groups in total. The SMILES string of the molecule is COc1ccc(Br)cc1CN(C)O. The van der Waals surface area contributed by atoms with Crippen molar-refractivity contribution in [2.45, 2.75) is 6.54 Å². The Morgan fingerprint density at radius 1 is 1.54 bits per heavy atom. The first-order chi connectivity index (χ1) is 6.13. The maximum Gasteiger partial charge on any atom is 0.123 e. The van der Waals surface area contributed by atoms with Crippen LogP contribution in [0.3, 0.4) is 0 Å². The molecule has 0 unspecified atom stereocenters. The van der Waals surface area contributed by atoms with Crippen LogP contribution in [0.4, 0.5) is 0 Å². The van der Waals surface area contributed by atoms with Crippen LogP contribution in [0.5, 0.6) is 5.75 Å². The first kappa shape index (κ1) is 10.5. The summed E-state index contributed by atoms with van der Waals surface area (Å²) in [6, 6.07) is 5.69. The summed E-state index contributed by atoms with van der Waals surface area (Å²) in [6.07, 6.45) is 0. The van der Waals surface area contributed by atoms with Gasteiger partial charge in [-0.2, -0.15) is 5.06 Å². The molecule has 0 aliphatic carbocycles. The Morgan fingerprint density at radius 2 is 2.23 bits per heavy atom. The fourth-order valence-electron chi connectivity index (χ4n) is 1.12. The molecule has 0 aliphatic rings. The molecule has 4 heteroatoms. The Morgan fingerprint density at radius 3 is 2.77 bits per heavy atom. The predicted molar refractivity (Wildman–Crippen MR) is 53.9 cm³/mol. The van der Waals surface area contributed by atoms with E-state index in [9.17, 15) is 0 Å².